The maximum Gasteiger partial charge on any atom is 0.345 e. The molecule has 2 heterocycles. The number of ether oxygens (including phenoxy) is 4. The SMILES string of the molecule is O=C(OC(=O)[C@@H]1CCCN1)c1cccc(COc2ccc(-c3cccc4c3OCO4)cc2)c1. The Morgan fingerprint density at radius 2 is 1.85 bits per heavy atom. The Morgan fingerprint density at radius 1 is 1.00 bits per heavy atom. The van der Waals surface area contributed by atoms with Gasteiger partial charge in [0.2, 0.25) is 6.79 Å². The standard InChI is InChI=1S/C26H23NO6/c28-25(33-26(29)22-7-3-13-27-22)19-5-1-4-17(14-19)15-30-20-11-9-18(10-12-20)21-6-2-8-23-24(21)32-16-31-23/h1-2,4-6,8-12,14,22,27H,3,7,13,15-16H2/t22-/m0/s1. The molecule has 0 aromatic heterocycles. The lowest BCUT2D eigenvalue weighted by molar-refractivity contribution is -0.139. The Labute approximate surface area is 191 Å². The molecule has 33 heavy (non-hydrogen) atoms. The van der Waals surface area contributed by atoms with Crippen molar-refractivity contribution in [2.45, 2.75) is 25.5 Å². The van der Waals surface area contributed by atoms with Gasteiger partial charge in [-0.05, 0) is 60.8 Å². The third-order valence-electron chi connectivity index (χ3n) is 5.67. The molecule has 3 aromatic rings. The molecule has 7 nitrogen and oxygen atoms in total. The van der Waals surface area contributed by atoms with Crippen molar-refractivity contribution in [3.63, 3.8) is 0 Å². The Balaban J connectivity index is 1.21. The van der Waals surface area contributed by atoms with Crippen molar-refractivity contribution >= 4 is 11.9 Å². The van der Waals surface area contributed by atoms with Gasteiger partial charge in [0, 0.05) is 5.56 Å². The molecule has 0 unspecified atom stereocenters. The smallest absolute Gasteiger partial charge is 0.345 e. The highest BCUT2D eigenvalue weighted by Crippen LogP contribution is 2.41. The summed E-state index contributed by atoms with van der Waals surface area (Å²) in [5.74, 6) is 1.00. The van der Waals surface area contributed by atoms with Crippen molar-refractivity contribution in [2.75, 3.05) is 13.3 Å². The van der Waals surface area contributed by atoms with Crippen molar-refractivity contribution in [3.05, 3.63) is 77.9 Å². The lowest BCUT2D eigenvalue weighted by Crippen LogP contribution is -2.33. The van der Waals surface area contributed by atoms with Crippen LogP contribution in [0.3, 0.4) is 0 Å². The van der Waals surface area contributed by atoms with Crippen LogP contribution in [0.5, 0.6) is 17.2 Å². The molecule has 7 heteroatoms. The van der Waals surface area contributed by atoms with Gasteiger partial charge in [0.25, 0.3) is 0 Å². The largest absolute Gasteiger partial charge is 0.489 e. The average Bonchev–Trinajstić information content (AvgIpc) is 3.55. The predicted octanol–water partition coefficient (Wildman–Crippen LogP) is 4.10. The van der Waals surface area contributed by atoms with Crippen molar-refractivity contribution in [1.82, 2.24) is 5.32 Å². The van der Waals surface area contributed by atoms with Crippen LogP contribution in [0, 0.1) is 0 Å². The molecule has 1 atom stereocenters. The minimum Gasteiger partial charge on any atom is -0.489 e. The van der Waals surface area contributed by atoms with Crippen LogP contribution < -0.4 is 19.5 Å². The number of hydrogen-bond donors (Lipinski definition) is 1. The van der Waals surface area contributed by atoms with Crippen molar-refractivity contribution in [1.29, 1.82) is 0 Å². The van der Waals surface area contributed by atoms with E-state index in [-0.39, 0.29) is 13.4 Å². The van der Waals surface area contributed by atoms with Gasteiger partial charge < -0.3 is 24.3 Å². The maximum absolute atomic E-state index is 12.4. The monoisotopic (exact) mass is 445 g/mol. The van der Waals surface area contributed by atoms with Crippen molar-refractivity contribution in [3.8, 4) is 28.4 Å². The van der Waals surface area contributed by atoms with Crippen molar-refractivity contribution < 1.29 is 28.5 Å². The highest BCUT2D eigenvalue weighted by molar-refractivity contribution is 5.98. The van der Waals surface area contributed by atoms with Gasteiger partial charge in [-0.25, -0.2) is 9.59 Å². The molecule has 168 valence electrons. The zero-order valence-electron chi connectivity index (χ0n) is 17.9. The Hall–Kier alpha value is -3.84. The van der Waals surface area contributed by atoms with Crippen LogP contribution in [0.15, 0.2) is 66.7 Å². The third kappa shape index (κ3) is 4.68. The number of carbonyl (C=O) groups is 2. The van der Waals surface area contributed by atoms with Crippen LogP contribution in [0.2, 0.25) is 0 Å². The predicted molar refractivity (Wildman–Crippen MR) is 120 cm³/mol. The summed E-state index contributed by atoms with van der Waals surface area (Å²) in [7, 11) is 0. The van der Waals surface area contributed by atoms with Gasteiger partial charge in [-0.1, -0.05) is 36.4 Å². The first-order valence-corrected chi connectivity index (χ1v) is 10.9. The van der Waals surface area contributed by atoms with Crippen molar-refractivity contribution in [2.24, 2.45) is 0 Å². The zero-order chi connectivity index (χ0) is 22.6. The average molecular weight is 445 g/mol. The van der Waals surface area contributed by atoms with Gasteiger partial charge in [0.15, 0.2) is 11.5 Å². The number of fused-ring (bicyclic) bond motifs is 1. The number of rotatable bonds is 6. The number of carbonyl (C=O) groups excluding carboxylic acids is 2. The quantitative estimate of drug-likeness (QED) is 0.452. The fraction of sp³-hybridized carbons (Fsp3) is 0.231. The Kier molecular flexibility index (Phi) is 5.95. The summed E-state index contributed by atoms with van der Waals surface area (Å²) in [5.41, 5.74) is 3.07. The van der Waals surface area contributed by atoms with E-state index < -0.39 is 18.0 Å². The lowest BCUT2D eigenvalue weighted by atomic mass is 10.0. The molecule has 2 aliphatic heterocycles. The minimum atomic E-state index is -0.651. The van der Waals surface area contributed by atoms with Crippen LogP contribution in [0.4, 0.5) is 0 Å². The fourth-order valence-corrected chi connectivity index (χ4v) is 3.95. The highest BCUT2D eigenvalue weighted by Gasteiger charge is 2.26. The third-order valence-corrected chi connectivity index (χ3v) is 5.67. The number of benzene rings is 3. The Bertz CT molecular complexity index is 1170. The number of hydrogen-bond acceptors (Lipinski definition) is 7. The van der Waals surface area contributed by atoms with Crippen LogP contribution in [0.1, 0.15) is 28.8 Å². The molecular formula is C26H23NO6. The molecule has 0 spiro atoms. The summed E-state index contributed by atoms with van der Waals surface area (Å²) in [6.45, 7) is 1.26. The molecule has 0 aliphatic carbocycles. The number of nitrogens with one attached hydrogen (secondary N) is 1. The molecule has 1 N–H and O–H groups in total. The van der Waals surface area contributed by atoms with Gasteiger partial charge in [-0.15, -0.1) is 0 Å². The highest BCUT2D eigenvalue weighted by atomic mass is 16.7. The summed E-state index contributed by atoms with van der Waals surface area (Å²) in [6, 6.07) is 20.0. The summed E-state index contributed by atoms with van der Waals surface area (Å²) in [5, 5.41) is 3.03. The van der Waals surface area contributed by atoms with E-state index in [4.69, 9.17) is 18.9 Å². The van der Waals surface area contributed by atoms with E-state index in [1.165, 1.54) is 0 Å². The van der Waals surface area contributed by atoms with E-state index in [1.54, 1.807) is 18.2 Å². The van der Waals surface area contributed by atoms with E-state index in [9.17, 15) is 9.59 Å². The zero-order valence-corrected chi connectivity index (χ0v) is 17.9. The van der Waals surface area contributed by atoms with E-state index >= 15 is 0 Å². The first-order chi connectivity index (χ1) is 16.2. The van der Waals surface area contributed by atoms with Gasteiger partial charge in [0.1, 0.15) is 18.4 Å². The van der Waals surface area contributed by atoms with E-state index in [0.717, 1.165) is 41.2 Å². The van der Waals surface area contributed by atoms with Crippen LogP contribution in [0.25, 0.3) is 11.1 Å². The van der Waals surface area contributed by atoms with Gasteiger partial charge >= 0.3 is 11.9 Å². The maximum atomic E-state index is 12.4. The topological polar surface area (TPSA) is 83.1 Å². The number of esters is 2. The molecule has 2 aliphatic rings. The van der Waals surface area contributed by atoms with Crippen LogP contribution in [-0.2, 0) is 16.1 Å². The molecule has 0 amide bonds. The van der Waals surface area contributed by atoms with Gasteiger partial charge in [-0.2, -0.15) is 0 Å². The molecule has 1 fully saturated rings. The second-order valence-electron chi connectivity index (χ2n) is 7.91. The Morgan fingerprint density at radius 3 is 2.67 bits per heavy atom. The number of para-hydroxylation sites is 1. The fourth-order valence-electron chi connectivity index (χ4n) is 3.95. The summed E-state index contributed by atoms with van der Waals surface area (Å²) in [4.78, 5) is 24.4. The molecule has 0 saturated carbocycles. The molecular weight excluding hydrogens is 422 g/mol. The molecule has 0 radical (unpaired) electrons. The van der Waals surface area contributed by atoms with Crippen LogP contribution >= 0.6 is 0 Å². The summed E-state index contributed by atoms with van der Waals surface area (Å²) < 4.78 is 21.9. The van der Waals surface area contributed by atoms with Gasteiger partial charge in [-0.3, -0.25) is 0 Å². The van der Waals surface area contributed by atoms with Crippen LogP contribution in [-0.4, -0.2) is 31.3 Å². The second kappa shape index (κ2) is 9.34. The molecule has 0 bridgehead atoms. The summed E-state index contributed by atoms with van der Waals surface area (Å²) >= 11 is 0. The molecule has 5 rings (SSSR count). The lowest BCUT2D eigenvalue weighted by Gasteiger charge is -2.11. The first kappa shape index (κ1) is 21.0. The minimum absolute atomic E-state index is 0.228. The normalized spacial score (nSPS) is 16.4. The van der Waals surface area contributed by atoms with E-state index in [0.29, 0.717) is 17.7 Å². The summed E-state index contributed by atoms with van der Waals surface area (Å²) in [6.07, 6.45) is 1.59. The first-order valence-electron chi connectivity index (χ1n) is 10.9. The van der Waals surface area contributed by atoms with E-state index in [2.05, 4.69) is 5.32 Å². The molecule has 1 saturated heterocycles. The second-order valence-corrected chi connectivity index (χ2v) is 7.91. The van der Waals surface area contributed by atoms with Gasteiger partial charge in [0.05, 0.1) is 5.56 Å². The molecule has 3 aromatic carbocycles. The van der Waals surface area contributed by atoms with E-state index in [1.807, 2.05) is 48.5 Å².